The van der Waals surface area contributed by atoms with Gasteiger partial charge < -0.3 is 9.05 Å². The van der Waals surface area contributed by atoms with E-state index in [0.717, 1.165) is 5.56 Å². The summed E-state index contributed by atoms with van der Waals surface area (Å²) in [6, 6.07) is 7.40. The van der Waals surface area contributed by atoms with Gasteiger partial charge in [0.25, 0.3) is 0 Å². The minimum atomic E-state index is -3.37. The lowest BCUT2D eigenvalue weighted by Gasteiger charge is -2.28. The molecule has 2 unspecified atom stereocenters. The first-order valence-electron chi connectivity index (χ1n) is 5.80. The molecule has 18 heavy (non-hydrogen) atoms. The second-order valence-electron chi connectivity index (χ2n) is 4.47. The number of azo groups is 1. The van der Waals surface area contributed by atoms with Gasteiger partial charge in [0.1, 0.15) is 5.75 Å². The molecule has 0 bridgehead atoms. The van der Waals surface area contributed by atoms with Gasteiger partial charge in [-0.15, -0.1) is 0 Å². The van der Waals surface area contributed by atoms with Gasteiger partial charge in [-0.25, -0.2) is 4.57 Å². The van der Waals surface area contributed by atoms with Crippen LogP contribution in [-0.2, 0) is 9.09 Å². The van der Waals surface area contributed by atoms with Crippen molar-refractivity contribution in [2.45, 2.75) is 25.5 Å². The largest absolute Gasteiger partial charge is 0.422 e. The quantitative estimate of drug-likeness (QED) is 0.780. The van der Waals surface area contributed by atoms with Gasteiger partial charge in [0.15, 0.2) is 5.28 Å². The lowest BCUT2D eigenvalue weighted by atomic mass is 10.2. The summed E-state index contributed by atoms with van der Waals surface area (Å²) in [6.07, 6.45) is 0.573. The van der Waals surface area contributed by atoms with E-state index in [0.29, 0.717) is 18.7 Å². The fourth-order valence-electron chi connectivity index (χ4n) is 1.83. The van der Waals surface area contributed by atoms with E-state index in [4.69, 9.17) is 9.05 Å². The van der Waals surface area contributed by atoms with Crippen LogP contribution in [0.4, 0.5) is 0 Å². The van der Waals surface area contributed by atoms with Crippen molar-refractivity contribution in [3.8, 4) is 5.75 Å². The summed E-state index contributed by atoms with van der Waals surface area (Å²) < 4.78 is 23.6. The molecule has 0 aromatic heterocycles. The highest BCUT2D eigenvalue weighted by atomic mass is 31.2. The summed E-state index contributed by atoms with van der Waals surface area (Å²) in [6.45, 7) is 4.21. The summed E-state index contributed by atoms with van der Waals surface area (Å²) >= 11 is 0. The second-order valence-corrected chi connectivity index (χ2v) is 6.97. The Labute approximate surface area is 107 Å². The smallest absolute Gasteiger partial charge is 0.408 e. The van der Waals surface area contributed by atoms with Crippen LogP contribution in [0.15, 0.2) is 34.5 Å². The molecule has 0 saturated heterocycles. The molecule has 98 valence electrons. The van der Waals surface area contributed by atoms with E-state index in [1.165, 1.54) is 7.11 Å². The van der Waals surface area contributed by atoms with E-state index in [2.05, 4.69) is 10.2 Å². The topological polar surface area (TPSA) is 60.2 Å². The molecule has 1 heterocycles. The molecule has 2 atom stereocenters. The molecule has 0 saturated carbocycles. The minimum absolute atomic E-state index is 0.557. The molecule has 0 N–H and O–H groups in total. The number of para-hydroxylation sites is 1. The van der Waals surface area contributed by atoms with E-state index in [1.54, 1.807) is 13.0 Å². The molecular weight excluding hydrogens is 251 g/mol. The van der Waals surface area contributed by atoms with E-state index in [9.17, 15) is 4.57 Å². The SMILES string of the molecule is COP(=O)(Oc1ccccc1C)C1(C)CCN=N1. The maximum absolute atomic E-state index is 12.8. The third-order valence-corrected chi connectivity index (χ3v) is 5.52. The number of benzene rings is 1. The summed E-state index contributed by atoms with van der Waals surface area (Å²) in [4.78, 5) is 0. The summed E-state index contributed by atoms with van der Waals surface area (Å²) in [5.41, 5.74) is 0.910. The van der Waals surface area contributed by atoms with Gasteiger partial charge in [0, 0.05) is 13.5 Å². The molecule has 1 aliphatic heterocycles. The first kappa shape index (κ1) is 13.2. The monoisotopic (exact) mass is 268 g/mol. The molecule has 0 spiro atoms. The van der Waals surface area contributed by atoms with Gasteiger partial charge in [-0.2, -0.15) is 10.2 Å². The number of nitrogens with zero attached hydrogens (tertiary/aromatic N) is 2. The van der Waals surface area contributed by atoms with Gasteiger partial charge in [0.05, 0.1) is 6.54 Å². The summed E-state index contributed by atoms with van der Waals surface area (Å²) in [7, 11) is -1.98. The molecule has 1 aromatic rings. The molecule has 0 radical (unpaired) electrons. The average molecular weight is 268 g/mol. The highest BCUT2D eigenvalue weighted by Gasteiger charge is 2.50. The van der Waals surface area contributed by atoms with Gasteiger partial charge in [-0.1, -0.05) is 18.2 Å². The Balaban J connectivity index is 2.32. The lowest BCUT2D eigenvalue weighted by Crippen LogP contribution is -2.23. The normalized spacial score (nSPS) is 25.9. The van der Waals surface area contributed by atoms with Crippen molar-refractivity contribution in [2.24, 2.45) is 10.2 Å². The fourth-order valence-corrected chi connectivity index (χ4v) is 3.50. The van der Waals surface area contributed by atoms with Crippen molar-refractivity contribution in [2.75, 3.05) is 13.7 Å². The first-order chi connectivity index (χ1) is 8.51. The van der Waals surface area contributed by atoms with Gasteiger partial charge in [0.2, 0.25) is 0 Å². The summed E-state index contributed by atoms with van der Waals surface area (Å²) in [5, 5.41) is 7.07. The van der Waals surface area contributed by atoms with Gasteiger partial charge >= 0.3 is 7.60 Å². The average Bonchev–Trinajstić information content (AvgIpc) is 2.81. The fraction of sp³-hybridized carbons (Fsp3) is 0.500. The molecule has 5 nitrogen and oxygen atoms in total. The highest BCUT2D eigenvalue weighted by molar-refractivity contribution is 7.56. The van der Waals surface area contributed by atoms with Crippen LogP contribution in [0.25, 0.3) is 0 Å². The van der Waals surface area contributed by atoms with Crippen LogP contribution < -0.4 is 4.52 Å². The van der Waals surface area contributed by atoms with E-state index in [1.807, 2.05) is 25.1 Å². The second kappa shape index (κ2) is 4.82. The van der Waals surface area contributed by atoms with Crippen molar-refractivity contribution < 1.29 is 13.6 Å². The van der Waals surface area contributed by atoms with E-state index < -0.39 is 12.9 Å². The number of hydrogen-bond donors (Lipinski definition) is 0. The molecule has 1 aromatic carbocycles. The van der Waals surface area contributed by atoms with Crippen LogP contribution in [-0.4, -0.2) is 18.9 Å². The zero-order valence-electron chi connectivity index (χ0n) is 10.8. The molecule has 1 aliphatic rings. The van der Waals surface area contributed by atoms with Gasteiger partial charge in [-0.3, -0.25) is 0 Å². The maximum Gasteiger partial charge on any atom is 0.408 e. The third kappa shape index (κ3) is 2.20. The predicted octanol–water partition coefficient (Wildman–Crippen LogP) is 3.79. The molecule has 2 rings (SSSR count). The first-order valence-corrected chi connectivity index (χ1v) is 7.35. The third-order valence-electron chi connectivity index (χ3n) is 3.11. The van der Waals surface area contributed by atoms with E-state index in [-0.39, 0.29) is 0 Å². The van der Waals surface area contributed by atoms with Crippen LogP contribution >= 0.6 is 7.60 Å². The van der Waals surface area contributed by atoms with Crippen molar-refractivity contribution in [3.63, 3.8) is 0 Å². The predicted molar refractivity (Wildman–Crippen MR) is 69.2 cm³/mol. The van der Waals surface area contributed by atoms with Crippen LogP contribution in [0.5, 0.6) is 5.75 Å². The number of rotatable bonds is 4. The zero-order chi connectivity index (χ0) is 13.2. The maximum atomic E-state index is 12.8. The molecule has 0 aliphatic carbocycles. The van der Waals surface area contributed by atoms with E-state index >= 15 is 0 Å². The number of aryl methyl sites for hydroxylation is 1. The van der Waals surface area contributed by atoms with Crippen molar-refractivity contribution in [1.82, 2.24) is 0 Å². The van der Waals surface area contributed by atoms with Crippen molar-refractivity contribution >= 4 is 7.60 Å². The molecule has 0 fully saturated rings. The van der Waals surface area contributed by atoms with Crippen LogP contribution in [0, 0.1) is 6.92 Å². The Morgan fingerprint density at radius 2 is 2.11 bits per heavy atom. The standard InChI is InChI=1S/C12H17N2O3P/c1-10-6-4-5-7-11(10)17-18(15,16-3)12(2)8-9-13-14-12/h4-7H,8-9H2,1-3H3. The zero-order valence-corrected chi connectivity index (χ0v) is 11.7. The Hall–Kier alpha value is -1.19. The minimum Gasteiger partial charge on any atom is -0.422 e. The number of hydrogen-bond acceptors (Lipinski definition) is 5. The van der Waals surface area contributed by atoms with Crippen LogP contribution in [0.3, 0.4) is 0 Å². The highest BCUT2D eigenvalue weighted by Crippen LogP contribution is 2.62. The lowest BCUT2D eigenvalue weighted by molar-refractivity contribution is 0.290. The Morgan fingerprint density at radius 1 is 1.39 bits per heavy atom. The van der Waals surface area contributed by atoms with Gasteiger partial charge in [-0.05, 0) is 25.5 Å². The Bertz CT molecular complexity index is 518. The molecule has 0 amide bonds. The molecular formula is C12H17N2O3P. The summed E-state index contributed by atoms with van der Waals surface area (Å²) in [5.74, 6) is 0.561. The van der Waals surface area contributed by atoms with Crippen molar-refractivity contribution in [3.05, 3.63) is 29.8 Å². The van der Waals surface area contributed by atoms with Crippen molar-refractivity contribution in [1.29, 1.82) is 0 Å². The van der Waals surface area contributed by atoms with Crippen LogP contribution in [0.2, 0.25) is 0 Å². The van der Waals surface area contributed by atoms with Crippen LogP contribution in [0.1, 0.15) is 18.9 Å². The Kier molecular flexibility index (Phi) is 3.55. The molecule has 6 heteroatoms. The Morgan fingerprint density at radius 3 is 2.67 bits per heavy atom.